The molecule has 110 valence electrons. The molecule has 1 unspecified atom stereocenters. The third kappa shape index (κ3) is 4.52. The van der Waals surface area contributed by atoms with Gasteiger partial charge in [-0.05, 0) is 30.7 Å². The highest BCUT2D eigenvalue weighted by Crippen LogP contribution is 2.34. The summed E-state index contributed by atoms with van der Waals surface area (Å²) < 4.78 is 0. The predicted octanol–water partition coefficient (Wildman–Crippen LogP) is 4.44. The Morgan fingerprint density at radius 2 is 1.90 bits per heavy atom. The molecule has 0 heterocycles. The van der Waals surface area contributed by atoms with Crippen LogP contribution in [0.25, 0.3) is 0 Å². The van der Waals surface area contributed by atoms with E-state index in [1.807, 2.05) is 6.07 Å². The maximum Gasteiger partial charge on any atom is 0.220 e. The minimum atomic E-state index is 0.130. The molecule has 1 aromatic rings. The molecule has 3 heteroatoms. The number of carbonyl (C=O) groups is 1. The Bertz CT molecular complexity index is 401. The fourth-order valence-corrected chi connectivity index (χ4v) is 3.21. The second-order valence-corrected chi connectivity index (χ2v) is 6.02. The summed E-state index contributed by atoms with van der Waals surface area (Å²) in [5, 5.41) is 3.24. The van der Waals surface area contributed by atoms with Crippen molar-refractivity contribution in [3.63, 3.8) is 0 Å². The van der Waals surface area contributed by atoms with Crippen molar-refractivity contribution in [1.29, 1.82) is 0 Å². The number of halogens is 1. The average molecular weight is 294 g/mol. The SMILES string of the molecule is O=C(CCCCl)NC(c1ccccc1)C1CCCCC1. The van der Waals surface area contributed by atoms with Crippen LogP contribution in [0.2, 0.25) is 0 Å². The molecule has 0 bridgehead atoms. The summed E-state index contributed by atoms with van der Waals surface area (Å²) in [5.41, 5.74) is 1.23. The molecule has 0 spiro atoms. The van der Waals surface area contributed by atoms with Crippen LogP contribution >= 0.6 is 11.6 Å². The summed E-state index contributed by atoms with van der Waals surface area (Å²) in [4.78, 5) is 12.1. The summed E-state index contributed by atoms with van der Waals surface area (Å²) in [6, 6.07) is 10.5. The Hall–Kier alpha value is -1.02. The molecule has 0 aromatic heterocycles. The normalized spacial score (nSPS) is 17.6. The first-order valence-electron chi connectivity index (χ1n) is 7.71. The predicted molar refractivity (Wildman–Crippen MR) is 83.9 cm³/mol. The fourth-order valence-electron chi connectivity index (χ4n) is 3.07. The highest BCUT2D eigenvalue weighted by atomic mass is 35.5. The molecular weight excluding hydrogens is 270 g/mol. The van der Waals surface area contributed by atoms with Crippen LogP contribution in [0.4, 0.5) is 0 Å². The maximum absolute atomic E-state index is 12.1. The fraction of sp³-hybridized carbons (Fsp3) is 0.588. The largest absolute Gasteiger partial charge is 0.349 e. The zero-order valence-electron chi connectivity index (χ0n) is 12.0. The first-order chi connectivity index (χ1) is 9.81. The van der Waals surface area contributed by atoms with Gasteiger partial charge in [-0.2, -0.15) is 0 Å². The van der Waals surface area contributed by atoms with Crippen molar-refractivity contribution in [1.82, 2.24) is 5.32 Å². The van der Waals surface area contributed by atoms with E-state index in [9.17, 15) is 4.79 Å². The number of hydrogen-bond acceptors (Lipinski definition) is 1. The molecular formula is C17H24ClNO. The molecule has 1 atom stereocenters. The molecule has 20 heavy (non-hydrogen) atoms. The van der Waals surface area contributed by atoms with Crippen molar-refractivity contribution < 1.29 is 4.79 Å². The van der Waals surface area contributed by atoms with E-state index in [2.05, 4.69) is 29.6 Å². The Morgan fingerprint density at radius 3 is 2.55 bits per heavy atom. The lowest BCUT2D eigenvalue weighted by molar-refractivity contribution is -0.122. The number of rotatable bonds is 6. The zero-order chi connectivity index (χ0) is 14.2. The molecule has 1 N–H and O–H groups in total. The molecule has 1 saturated carbocycles. The van der Waals surface area contributed by atoms with Gasteiger partial charge in [0.25, 0.3) is 0 Å². The molecule has 2 rings (SSSR count). The number of carbonyl (C=O) groups excluding carboxylic acids is 1. The van der Waals surface area contributed by atoms with Gasteiger partial charge in [-0.3, -0.25) is 4.79 Å². The van der Waals surface area contributed by atoms with Gasteiger partial charge in [0.05, 0.1) is 6.04 Å². The van der Waals surface area contributed by atoms with Gasteiger partial charge < -0.3 is 5.32 Å². The Morgan fingerprint density at radius 1 is 1.20 bits per heavy atom. The van der Waals surface area contributed by atoms with Crippen LogP contribution in [0.15, 0.2) is 30.3 Å². The number of alkyl halides is 1. The highest BCUT2D eigenvalue weighted by molar-refractivity contribution is 6.17. The zero-order valence-corrected chi connectivity index (χ0v) is 12.7. The molecule has 1 aliphatic carbocycles. The van der Waals surface area contributed by atoms with Gasteiger partial charge in [-0.15, -0.1) is 11.6 Å². The third-order valence-electron chi connectivity index (χ3n) is 4.13. The second kappa shape index (κ2) is 8.31. The lowest BCUT2D eigenvalue weighted by Gasteiger charge is -2.31. The van der Waals surface area contributed by atoms with Crippen LogP contribution in [-0.4, -0.2) is 11.8 Å². The van der Waals surface area contributed by atoms with Gasteiger partial charge in [0, 0.05) is 12.3 Å². The average Bonchev–Trinajstić information content (AvgIpc) is 2.52. The number of hydrogen-bond donors (Lipinski definition) is 1. The van der Waals surface area contributed by atoms with Crippen molar-refractivity contribution in [3.05, 3.63) is 35.9 Å². The van der Waals surface area contributed by atoms with E-state index in [0.717, 1.165) is 6.42 Å². The number of benzene rings is 1. The van der Waals surface area contributed by atoms with Crippen LogP contribution in [0, 0.1) is 5.92 Å². The first kappa shape index (κ1) is 15.4. The molecule has 1 aromatic carbocycles. The van der Waals surface area contributed by atoms with Crippen molar-refractivity contribution in [2.24, 2.45) is 5.92 Å². The Labute approximate surface area is 126 Å². The highest BCUT2D eigenvalue weighted by Gasteiger charge is 2.26. The van der Waals surface area contributed by atoms with Crippen LogP contribution in [0.5, 0.6) is 0 Å². The van der Waals surface area contributed by atoms with Gasteiger partial charge >= 0.3 is 0 Å². The summed E-state index contributed by atoms with van der Waals surface area (Å²) >= 11 is 5.67. The quantitative estimate of drug-likeness (QED) is 0.772. The van der Waals surface area contributed by atoms with Gasteiger partial charge in [-0.25, -0.2) is 0 Å². The van der Waals surface area contributed by atoms with E-state index < -0.39 is 0 Å². The van der Waals surface area contributed by atoms with Crippen LogP contribution in [0.3, 0.4) is 0 Å². The number of nitrogens with one attached hydrogen (secondary N) is 1. The molecule has 1 aliphatic rings. The second-order valence-electron chi connectivity index (χ2n) is 5.65. The van der Waals surface area contributed by atoms with Crippen molar-refractivity contribution in [2.75, 3.05) is 5.88 Å². The van der Waals surface area contributed by atoms with E-state index in [1.54, 1.807) is 0 Å². The lowest BCUT2D eigenvalue weighted by atomic mass is 9.81. The Balaban J connectivity index is 2.05. The molecule has 0 aliphatic heterocycles. The molecule has 1 amide bonds. The molecule has 0 radical (unpaired) electrons. The minimum absolute atomic E-state index is 0.130. The standard InChI is InChI=1S/C17H24ClNO/c18-13-7-12-16(20)19-17(14-8-3-1-4-9-14)15-10-5-2-6-11-15/h1,3-4,8-9,15,17H,2,5-7,10-13H2,(H,19,20). The number of amides is 1. The monoisotopic (exact) mass is 293 g/mol. The lowest BCUT2D eigenvalue weighted by Crippen LogP contribution is -2.34. The minimum Gasteiger partial charge on any atom is -0.349 e. The molecule has 2 nitrogen and oxygen atoms in total. The van der Waals surface area contributed by atoms with E-state index in [0.29, 0.717) is 18.2 Å². The summed E-state index contributed by atoms with van der Waals surface area (Å²) in [5.74, 6) is 1.25. The van der Waals surface area contributed by atoms with Crippen molar-refractivity contribution >= 4 is 17.5 Å². The molecule has 1 fully saturated rings. The van der Waals surface area contributed by atoms with Crippen LogP contribution < -0.4 is 5.32 Å². The van der Waals surface area contributed by atoms with Gasteiger partial charge in [-0.1, -0.05) is 49.6 Å². The maximum atomic E-state index is 12.1. The smallest absolute Gasteiger partial charge is 0.220 e. The third-order valence-corrected chi connectivity index (χ3v) is 4.40. The summed E-state index contributed by atoms with van der Waals surface area (Å²) in [6.07, 6.45) is 7.61. The Kier molecular flexibility index (Phi) is 6.38. The van der Waals surface area contributed by atoms with Crippen molar-refractivity contribution in [2.45, 2.75) is 51.0 Å². The summed E-state index contributed by atoms with van der Waals surface area (Å²) in [7, 11) is 0. The van der Waals surface area contributed by atoms with Crippen LogP contribution in [-0.2, 0) is 4.79 Å². The summed E-state index contributed by atoms with van der Waals surface area (Å²) in [6.45, 7) is 0. The van der Waals surface area contributed by atoms with E-state index in [-0.39, 0.29) is 11.9 Å². The van der Waals surface area contributed by atoms with E-state index >= 15 is 0 Å². The van der Waals surface area contributed by atoms with Gasteiger partial charge in [0.15, 0.2) is 0 Å². The van der Waals surface area contributed by atoms with Crippen LogP contribution in [0.1, 0.15) is 56.6 Å². The van der Waals surface area contributed by atoms with Crippen molar-refractivity contribution in [3.8, 4) is 0 Å². The van der Waals surface area contributed by atoms with Gasteiger partial charge in [0.2, 0.25) is 5.91 Å². The molecule has 0 saturated heterocycles. The van der Waals surface area contributed by atoms with E-state index in [1.165, 1.54) is 37.7 Å². The van der Waals surface area contributed by atoms with E-state index in [4.69, 9.17) is 11.6 Å². The van der Waals surface area contributed by atoms with Gasteiger partial charge in [0.1, 0.15) is 0 Å². The topological polar surface area (TPSA) is 29.1 Å². The first-order valence-corrected chi connectivity index (χ1v) is 8.25.